The second-order valence-electron chi connectivity index (χ2n) is 7.66. The summed E-state index contributed by atoms with van der Waals surface area (Å²) in [6, 6.07) is 0. The van der Waals surface area contributed by atoms with Crippen LogP contribution in [0, 0.1) is 17.3 Å². The first-order valence-electron chi connectivity index (χ1n) is 7.94. The van der Waals surface area contributed by atoms with Crippen molar-refractivity contribution in [3.63, 3.8) is 0 Å². The smallest absolute Gasteiger partial charge is 0.234 e. The van der Waals surface area contributed by atoms with Crippen LogP contribution in [0.15, 0.2) is 0 Å². The lowest BCUT2D eigenvalue weighted by atomic mass is 9.64. The Balaban J connectivity index is 1.84. The van der Waals surface area contributed by atoms with Crippen molar-refractivity contribution in [3.8, 4) is 0 Å². The predicted molar refractivity (Wildman–Crippen MR) is 82.6 cm³/mol. The molecular weight excluding hydrogens is 250 g/mol. The summed E-state index contributed by atoms with van der Waals surface area (Å²) in [4.78, 5) is 14.3. The molecule has 0 aromatic carbocycles. The average molecular weight is 281 g/mol. The number of nitrogens with zero attached hydrogens (tertiary/aromatic N) is 1. The molecule has 2 bridgehead atoms. The van der Waals surface area contributed by atoms with Crippen LogP contribution in [0.5, 0.6) is 0 Å². The summed E-state index contributed by atoms with van der Waals surface area (Å²) < 4.78 is 0. The van der Waals surface area contributed by atoms with Crippen molar-refractivity contribution in [3.05, 3.63) is 0 Å². The lowest BCUT2D eigenvalue weighted by Gasteiger charge is -2.48. The second kappa shape index (κ2) is 5.64. The van der Waals surface area contributed by atoms with Crippen molar-refractivity contribution in [1.29, 1.82) is 0 Å². The lowest BCUT2D eigenvalue weighted by molar-refractivity contribution is -0.124. The molecule has 0 saturated heterocycles. The van der Waals surface area contributed by atoms with E-state index in [1.165, 1.54) is 19.3 Å². The summed E-state index contributed by atoms with van der Waals surface area (Å²) in [5, 5.41) is 6.58. The van der Waals surface area contributed by atoms with Gasteiger partial charge in [-0.15, -0.1) is 0 Å². The number of carbonyl (C=O) groups is 1. The van der Waals surface area contributed by atoms with Crippen LogP contribution in [0.1, 0.15) is 40.0 Å². The van der Waals surface area contributed by atoms with Gasteiger partial charge in [-0.3, -0.25) is 4.79 Å². The third-order valence-electron chi connectivity index (χ3n) is 6.03. The van der Waals surface area contributed by atoms with Gasteiger partial charge in [-0.05, 0) is 57.5 Å². The van der Waals surface area contributed by atoms with Crippen LogP contribution >= 0.6 is 0 Å². The van der Waals surface area contributed by atoms with Gasteiger partial charge in [0.15, 0.2) is 0 Å². The van der Waals surface area contributed by atoms with E-state index in [1.807, 2.05) is 14.1 Å². The van der Waals surface area contributed by atoms with Gasteiger partial charge in [0, 0.05) is 18.6 Å². The van der Waals surface area contributed by atoms with Crippen LogP contribution in [0.3, 0.4) is 0 Å². The largest absolute Gasteiger partial charge is 0.349 e. The molecule has 3 atom stereocenters. The van der Waals surface area contributed by atoms with Crippen molar-refractivity contribution in [2.24, 2.45) is 17.3 Å². The van der Waals surface area contributed by atoms with Gasteiger partial charge in [0.1, 0.15) is 0 Å². The minimum Gasteiger partial charge on any atom is -0.349 e. The molecule has 0 aliphatic heterocycles. The van der Waals surface area contributed by atoms with E-state index in [4.69, 9.17) is 0 Å². The fourth-order valence-corrected chi connectivity index (χ4v) is 4.21. The fourth-order valence-electron chi connectivity index (χ4n) is 4.21. The van der Waals surface area contributed by atoms with Crippen molar-refractivity contribution in [1.82, 2.24) is 15.5 Å². The summed E-state index contributed by atoms with van der Waals surface area (Å²) in [7, 11) is 4.08. The number of fused-ring (bicyclic) bond motifs is 2. The van der Waals surface area contributed by atoms with Crippen molar-refractivity contribution >= 4 is 5.91 Å². The zero-order chi connectivity index (χ0) is 15.0. The molecule has 2 aliphatic rings. The summed E-state index contributed by atoms with van der Waals surface area (Å²) in [6.07, 6.45) is 3.90. The van der Waals surface area contributed by atoms with Gasteiger partial charge in [-0.1, -0.05) is 13.8 Å². The van der Waals surface area contributed by atoms with Gasteiger partial charge in [-0.25, -0.2) is 0 Å². The van der Waals surface area contributed by atoms with E-state index in [0.29, 0.717) is 12.5 Å². The lowest BCUT2D eigenvalue weighted by Crippen LogP contribution is -2.60. The topological polar surface area (TPSA) is 44.4 Å². The number of likely N-dealkylation sites (N-methyl/N-ethyl adjacent to an activating group) is 1. The van der Waals surface area contributed by atoms with Gasteiger partial charge in [0.2, 0.25) is 5.91 Å². The first-order chi connectivity index (χ1) is 9.27. The van der Waals surface area contributed by atoms with E-state index in [0.717, 1.165) is 19.0 Å². The second-order valence-corrected chi connectivity index (χ2v) is 7.66. The highest BCUT2D eigenvalue weighted by atomic mass is 16.2. The van der Waals surface area contributed by atoms with E-state index in [1.54, 1.807) is 0 Å². The van der Waals surface area contributed by atoms with E-state index in [9.17, 15) is 4.79 Å². The average Bonchev–Trinajstić information content (AvgIpc) is 2.89. The maximum atomic E-state index is 12.2. The Morgan fingerprint density at radius 3 is 2.40 bits per heavy atom. The molecule has 2 rings (SSSR count). The Morgan fingerprint density at radius 1 is 1.20 bits per heavy atom. The molecule has 0 heterocycles. The molecule has 0 aromatic heterocycles. The monoisotopic (exact) mass is 281 g/mol. The van der Waals surface area contributed by atoms with Crippen molar-refractivity contribution in [2.45, 2.75) is 45.6 Å². The number of hydrogen-bond acceptors (Lipinski definition) is 3. The highest BCUT2D eigenvalue weighted by Gasteiger charge is 2.60. The SMILES string of the molecule is CN(C)CCNCC(=O)N[C@@]1(C)[C@H]2CC[C@@H](C2)C1(C)C. The molecule has 2 N–H and O–H groups in total. The molecule has 4 nitrogen and oxygen atoms in total. The molecule has 2 aliphatic carbocycles. The van der Waals surface area contributed by atoms with E-state index in [-0.39, 0.29) is 16.9 Å². The Bertz CT molecular complexity index is 367. The van der Waals surface area contributed by atoms with E-state index >= 15 is 0 Å². The number of nitrogens with one attached hydrogen (secondary N) is 2. The van der Waals surface area contributed by atoms with Gasteiger partial charge in [0.05, 0.1) is 6.54 Å². The van der Waals surface area contributed by atoms with Crippen molar-refractivity contribution < 1.29 is 4.79 Å². The summed E-state index contributed by atoms with van der Waals surface area (Å²) >= 11 is 0. The zero-order valence-electron chi connectivity index (χ0n) is 13.8. The van der Waals surface area contributed by atoms with Crippen LogP contribution < -0.4 is 10.6 Å². The molecule has 0 radical (unpaired) electrons. The highest BCUT2D eigenvalue weighted by molar-refractivity contribution is 5.79. The molecule has 1 amide bonds. The predicted octanol–water partition coefficient (Wildman–Crippen LogP) is 1.47. The normalized spacial score (nSPS) is 34.7. The highest BCUT2D eigenvalue weighted by Crippen LogP contribution is 2.61. The molecular formula is C16H31N3O. The van der Waals surface area contributed by atoms with Crippen molar-refractivity contribution in [2.75, 3.05) is 33.7 Å². The van der Waals surface area contributed by atoms with E-state index < -0.39 is 0 Å². The summed E-state index contributed by atoms with van der Waals surface area (Å²) in [5.41, 5.74) is 0.186. The molecule has 2 fully saturated rings. The van der Waals surface area contributed by atoms with Crippen LogP contribution in [-0.2, 0) is 4.79 Å². The Hall–Kier alpha value is -0.610. The summed E-state index contributed by atoms with van der Waals surface area (Å²) in [6.45, 7) is 9.16. The first kappa shape index (κ1) is 15.8. The molecule has 4 heteroatoms. The maximum Gasteiger partial charge on any atom is 0.234 e. The quantitative estimate of drug-likeness (QED) is 0.725. The van der Waals surface area contributed by atoms with E-state index in [2.05, 4.69) is 36.3 Å². The fraction of sp³-hybridized carbons (Fsp3) is 0.938. The molecule has 0 aromatic rings. The minimum absolute atomic E-state index is 0.0315. The Morgan fingerprint density at radius 2 is 1.85 bits per heavy atom. The zero-order valence-corrected chi connectivity index (χ0v) is 13.8. The maximum absolute atomic E-state index is 12.2. The Labute approximate surface area is 123 Å². The van der Waals surface area contributed by atoms with Crippen LogP contribution in [0.25, 0.3) is 0 Å². The van der Waals surface area contributed by atoms with Gasteiger partial charge in [0.25, 0.3) is 0 Å². The first-order valence-corrected chi connectivity index (χ1v) is 7.94. The third kappa shape index (κ3) is 2.73. The molecule has 20 heavy (non-hydrogen) atoms. The van der Waals surface area contributed by atoms with Crippen LogP contribution in [0.2, 0.25) is 0 Å². The van der Waals surface area contributed by atoms with Gasteiger partial charge >= 0.3 is 0 Å². The number of hydrogen-bond donors (Lipinski definition) is 2. The number of rotatable bonds is 6. The standard InChI is InChI=1S/C16H31N3O/c1-15(2)12-6-7-13(10-12)16(15,3)18-14(20)11-17-8-9-19(4)5/h12-13,17H,6-11H2,1-5H3,(H,18,20)/t12-,13-,16-/m0/s1. The van der Waals surface area contributed by atoms with Gasteiger partial charge < -0.3 is 15.5 Å². The Kier molecular flexibility index (Phi) is 4.45. The van der Waals surface area contributed by atoms with Gasteiger partial charge in [-0.2, -0.15) is 0 Å². The van der Waals surface area contributed by atoms with Crippen LogP contribution in [0.4, 0.5) is 0 Å². The molecule has 116 valence electrons. The molecule has 0 spiro atoms. The molecule has 2 saturated carbocycles. The molecule has 0 unspecified atom stereocenters. The number of amides is 1. The summed E-state index contributed by atoms with van der Waals surface area (Å²) in [5.74, 6) is 1.58. The number of carbonyl (C=O) groups excluding carboxylic acids is 1. The third-order valence-corrected chi connectivity index (χ3v) is 6.03. The minimum atomic E-state index is -0.0315. The van der Waals surface area contributed by atoms with Crippen LogP contribution in [-0.4, -0.2) is 50.1 Å².